The van der Waals surface area contributed by atoms with E-state index in [4.69, 9.17) is 4.98 Å². The summed E-state index contributed by atoms with van der Waals surface area (Å²) in [6, 6.07) is 28.0. The first kappa shape index (κ1) is 17.5. The molecule has 0 saturated carbocycles. The molecule has 0 radical (unpaired) electrons. The number of aromatic nitrogens is 2. The number of hydrogen-bond acceptors (Lipinski definition) is 2. The second-order valence-electron chi connectivity index (χ2n) is 6.98. The van der Waals surface area contributed by atoms with Crippen molar-refractivity contribution in [2.75, 3.05) is 0 Å². The molecule has 0 saturated heterocycles. The molecule has 136 valence electrons. The van der Waals surface area contributed by atoms with E-state index in [1.165, 1.54) is 0 Å². The van der Waals surface area contributed by atoms with Crippen LogP contribution < -0.4 is 0 Å². The lowest BCUT2D eigenvalue weighted by molar-refractivity contribution is 0.0438. The Kier molecular flexibility index (Phi) is 4.54. The van der Waals surface area contributed by atoms with E-state index < -0.39 is 5.60 Å². The molecule has 3 nitrogen and oxygen atoms in total. The summed E-state index contributed by atoms with van der Waals surface area (Å²) in [5, 5.41) is 12.2. The zero-order chi connectivity index (χ0) is 18.9. The molecule has 0 fully saturated rings. The van der Waals surface area contributed by atoms with Crippen LogP contribution in [0.1, 0.15) is 36.2 Å². The van der Waals surface area contributed by atoms with Crippen molar-refractivity contribution in [3.8, 4) is 0 Å². The highest BCUT2D eigenvalue weighted by Gasteiger charge is 2.42. The Hall–Kier alpha value is -2.91. The Morgan fingerprint density at radius 3 is 1.89 bits per heavy atom. The molecule has 0 aliphatic carbocycles. The molecular weight excluding hydrogens is 332 g/mol. The predicted molar refractivity (Wildman–Crippen MR) is 110 cm³/mol. The van der Waals surface area contributed by atoms with Crippen molar-refractivity contribution >= 4 is 11.0 Å². The lowest BCUT2D eigenvalue weighted by atomic mass is 9.74. The van der Waals surface area contributed by atoms with Crippen LogP contribution in [0.15, 0.2) is 84.9 Å². The molecule has 4 rings (SSSR count). The van der Waals surface area contributed by atoms with E-state index in [-0.39, 0.29) is 5.92 Å². The van der Waals surface area contributed by atoms with E-state index in [0.717, 1.165) is 34.4 Å². The maximum Gasteiger partial charge on any atom is 0.124 e. The fourth-order valence-electron chi connectivity index (χ4n) is 4.09. The van der Waals surface area contributed by atoms with E-state index >= 15 is 0 Å². The summed E-state index contributed by atoms with van der Waals surface area (Å²) in [6.45, 7) is 2.11. The van der Waals surface area contributed by atoms with Gasteiger partial charge in [0.25, 0.3) is 0 Å². The van der Waals surface area contributed by atoms with Gasteiger partial charge in [0.2, 0.25) is 0 Å². The highest BCUT2D eigenvalue weighted by Crippen LogP contribution is 2.44. The van der Waals surface area contributed by atoms with Gasteiger partial charge in [0.05, 0.1) is 17.0 Å². The minimum absolute atomic E-state index is 0.181. The Morgan fingerprint density at radius 1 is 0.852 bits per heavy atom. The van der Waals surface area contributed by atoms with Gasteiger partial charge in [0.15, 0.2) is 0 Å². The van der Waals surface area contributed by atoms with E-state index in [0.29, 0.717) is 0 Å². The van der Waals surface area contributed by atoms with Crippen molar-refractivity contribution in [2.45, 2.75) is 24.9 Å². The van der Waals surface area contributed by atoms with Crippen LogP contribution in [0.3, 0.4) is 0 Å². The number of para-hydroxylation sites is 2. The first-order valence-corrected chi connectivity index (χ1v) is 9.41. The predicted octanol–water partition coefficient (Wildman–Crippen LogP) is 5.00. The number of rotatable bonds is 5. The third-order valence-electron chi connectivity index (χ3n) is 5.47. The fraction of sp³-hybridized carbons (Fsp3) is 0.208. The van der Waals surface area contributed by atoms with Crippen LogP contribution in [0.5, 0.6) is 0 Å². The summed E-state index contributed by atoms with van der Waals surface area (Å²) in [7, 11) is 2.03. The molecule has 27 heavy (non-hydrogen) atoms. The fourth-order valence-corrected chi connectivity index (χ4v) is 4.09. The lowest BCUT2D eigenvalue weighted by Crippen LogP contribution is -2.36. The largest absolute Gasteiger partial charge is 0.380 e. The molecular formula is C24H24N2O. The zero-order valence-corrected chi connectivity index (χ0v) is 15.7. The average molecular weight is 356 g/mol. The van der Waals surface area contributed by atoms with Crippen LogP contribution in [0.2, 0.25) is 0 Å². The first-order valence-electron chi connectivity index (χ1n) is 9.41. The van der Waals surface area contributed by atoms with Crippen molar-refractivity contribution in [1.82, 2.24) is 9.55 Å². The van der Waals surface area contributed by atoms with Gasteiger partial charge in [-0.05, 0) is 29.7 Å². The molecule has 1 aromatic heterocycles. The monoisotopic (exact) mass is 356 g/mol. The minimum atomic E-state index is -1.16. The molecule has 1 atom stereocenters. The first-order chi connectivity index (χ1) is 13.2. The van der Waals surface area contributed by atoms with Gasteiger partial charge in [-0.3, -0.25) is 0 Å². The van der Waals surface area contributed by atoms with E-state index in [1.807, 2.05) is 85.9 Å². The molecule has 3 heteroatoms. The number of aryl methyl sites for hydroxylation is 1. The van der Waals surface area contributed by atoms with Crippen molar-refractivity contribution in [3.05, 3.63) is 102 Å². The van der Waals surface area contributed by atoms with Gasteiger partial charge in [-0.2, -0.15) is 0 Å². The third kappa shape index (κ3) is 2.84. The Labute approximate surface area is 159 Å². The van der Waals surface area contributed by atoms with E-state index in [2.05, 4.69) is 17.6 Å². The van der Waals surface area contributed by atoms with Crippen molar-refractivity contribution in [2.24, 2.45) is 7.05 Å². The van der Waals surface area contributed by atoms with Gasteiger partial charge in [-0.1, -0.05) is 79.7 Å². The molecule has 1 N–H and O–H groups in total. The number of hydrogen-bond donors (Lipinski definition) is 1. The SMILES string of the molecule is CCC(c1nc2ccccc2n1C)C(O)(c1ccccc1)c1ccccc1. The summed E-state index contributed by atoms with van der Waals surface area (Å²) in [6.07, 6.45) is 0.761. The molecule has 0 spiro atoms. The van der Waals surface area contributed by atoms with E-state index in [9.17, 15) is 5.11 Å². The van der Waals surface area contributed by atoms with Crippen LogP contribution in [-0.4, -0.2) is 14.7 Å². The minimum Gasteiger partial charge on any atom is -0.380 e. The lowest BCUT2D eigenvalue weighted by Gasteiger charge is -2.36. The molecule has 0 aliphatic rings. The molecule has 3 aromatic carbocycles. The Bertz CT molecular complexity index is 998. The Morgan fingerprint density at radius 2 is 1.37 bits per heavy atom. The maximum atomic E-state index is 12.2. The summed E-state index contributed by atoms with van der Waals surface area (Å²) < 4.78 is 2.11. The highest BCUT2D eigenvalue weighted by atomic mass is 16.3. The average Bonchev–Trinajstić information content (AvgIpc) is 3.06. The molecule has 0 bridgehead atoms. The van der Waals surface area contributed by atoms with Crippen molar-refractivity contribution < 1.29 is 5.11 Å². The van der Waals surface area contributed by atoms with Crippen LogP contribution in [0.25, 0.3) is 11.0 Å². The normalized spacial score (nSPS) is 13.0. The van der Waals surface area contributed by atoms with Crippen LogP contribution in [-0.2, 0) is 12.6 Å². The van der Waals surface area contributed by atoms with Crippen molar-refractivity contribution in [1.29, 1.82) is 0 Å². The number of imidazole rings is 1. The molecule has 1 unspecified atom stereocenters. The highest BCUT2D eigenvalue weighted by molar-refractivity contribution is 5.76. The molecule has 1 heterocycles. The van der Waals surface area contributed by atoms with Gasteiger partial charge in [-0.15, -0.1) is 0 Å². The van der Waals surface area contributed by atoms with Crippen LogP contribution in [0.4, 0.5) is 0 Å². The number of benzene rings is 3. The molecule has 4 aromatic rings. The van der Waals surface area contributed by atoms with Crippen LogP contribution in [0, 0.1) is 0 Å². The molecule has 0 amide bonds. The smallest absolute Gasteiger partial charge is 0.124 e. The summed E-state index contributed by atoms with van der Waals surface area (Å²) in [5.41, 5.74) is 2.64. The number of aliphatic hydroxyl groups is 1. The summed E-state index contributed by atoms with van der Waals surface area (Å²) in [4.78, 5) is 4.90. The third-order valence-corrected chi connectivity index (χ3v) is 5.47. The van der Waals surface area contributed by atoms with Gasteiger partial charge in [0, 0.05) is 7.05 Å². The summed E-state index contributed by atoms with van der Waals surface area (Å²) >= 11 is 0. The standard InChI is InChI=1S/C24H24N2O/c1-3-20(23-25-21-16-10-11-17-22(21)26(23)2)24(27,18-12-6-4-7-13-18)19-14-8-5-9-15-19/h4-17,20,27H,3H2,1-2H3. The second kappa shape index (κ2) is 7.01. The second-order valence-corrected chi connectivity index (χ2v) is 6.98. The number of fused-ring (bicyclic) bond motifs is 1. The maximum absolute atomic E-state index is 12.2. The van der Waals surface area contributed by atoms with Gasteiger partial charge in [0.1, 0.15) is 11.4 Å². The van der Waals surface area contributed by atoms with Crippen molar-refractivity contribution in [3.63, 3.8) is 0 Å². The van der Waals surface area contributed by atoms with Gasteiger partial charge >= 0.3 is 0 Å². The van der Waals surface area contributed by atoms with E-state index in [1.54, 1.807) is 0 Å². The number of nitrogens with zero attached hydrogens (tertiary/aromatic N) is 2. The van der Waals surface area contributed by atoms with Gasteiger partial charge < -0.3 is 9.67 Å². The topological polar surface area (TPSA) is 38.0 Å². The quantitative estimate of drug-likeness (QED) is 0.546. The van der Waals surface area contributed by atoms with Crippen LogP contribution >= 0.6 is 0 Å². The van der Waals surface area contributed by atoms with Gasteiger partial charge in [-0.25, -0.2) is 4.98 Å². The molecule has 0 aliphatic heterocycles. The Balaban J connectivity index is 1.96. The summed E-state index contributed by atoms with van der Waals surface area (Å²) in [5.74, 6) is 0.716. The zero-order valence-electron chi connectivity index (χ0n) is 15.7.